The number of benzene rings is 2. The van der Waals surface area contributed by atoms with E-state index in [9.17, 15) is 9.90 Å². The van der Waals surface area contributed by atoms with Gasteiger partial charge in [0.2, 0.25) is 0 Å². The van der Waals surface area contributed by atoms with Crippen LogP contribution in [0.4, 0.5) is 0 Å². The number of pyridine rings is 1. The molecule has 0 spiro atoms. The van der Waals surface area contributed by atoms with Gasteiger partial charge in [-0.25, -0.2) is 0 Å². The molecule has 2 N–H and O–H groups in total. The lowest BCUT2D eigenvalue weighted by Crippen LogP contribution is -2.07. The molecule has 0 aliphatic heterocycles. The van der Waals surface area contributed by atoms with E-state index in [1.165, 1.54) is 16.9 Å². The van der Waals surface area contributed by atoms with Gasteiger partial charge >= 0.3 is 0 Å². The van der Waals surface area contributed by atoms with Crippen LogP contribution in [-0.2, 0) is 6.42 Å². The number of H-pyrrole nitrogens is 1. The predicted octanol–water partition coefficient (Wildman–Crippen LogP) is 5.95. The lowest BCUT2D eigenvalue weighted by molar-refractivity contribution is 0.417. The van der Waals surface area contributed by atoms with Crippen molar-refractivity contribution in [3.8, 4) is 16.9 Å². The van der Waals surface area contributed by atoms with E-state index in [1.54, 1.807) is 12.1 Å². The molecule has 0 aliphatic carbocycles. The van der Waals surface area contributed by atoms with Crippen LogP contribution in [0.2, 0.25) is 0 Å². The van der Waals surface area contributed by atoms with E-state index in [-0.39, 0.29) is 11.3 Å². The van der Waals surface area contributed by atoms with Crippen LogP contribution in [0.3, 0.4) is 0 Å². The number of phenols is 1. The summed E-state index contributed by atoms with van der Waals surface area (Å²) < 4.78 is 0.691. The minimum atomic E-state index is -0.0813. The lowest BCUT2D eigenvalue weighted by atomic mass is 9.90. The molecule has 4 heteroatoms. The van der Waals surface area contributed by atoms with Crippen LogP contribution >= 0.6 is 11.3 Å². The Morgan fingerprint density at radius 2 is 1.78 bits per heavy atom. The molecule has 0 amide bonds. The van der Waals surface area contributed by atoms with Crippen molar-refractivity contribution < 1.29 is 5.11 Å². The molecule has 0 radical (unpaired) electrons. The van der Waals surface area contributed by atoms with Crippen LogP contribution in [0, 0.1) is 11.8 Å². The normalized spacial score (nSPS) is 12.9. The summed E-state index contributed by atoms with van der Waals surface area (Å²) in [6, 6.07) is 13.8. The average molecular weight is 378 g/mol. The number of rotatable bonds is 4. The van der Waals surface area contributed by atoms with Crippen molar-refractivity contribution in [2.24, 2.45) is 11.8 Å². The van der Waals surface area contributed by atoms with Crippen molar-refractivity contribution in [1.82, 2.24) is 4.98 Å². The van der Waals surface area contributed by atoms with Crippen molar-refractivity contribution >= 4 is 32.3 Å². The summed E-state index contributed by atoms with van der Waals surface area (Å²) in [5, 5.41) is 14.3. The third-order valence-corrected chi connectivity index (χ3v) is 6.42. The van der Waals surface area contributed by atoms with Crippen molar-refractivity contribution in [2.75, 3.05) is 0 Å². The Morgan fingerprint density at radius 1 is 1.04 bits per heavy atom. The number of hydrogen-bond donors (Lipinski definition) is 2. The number of aromatic nitrogens is 1. The maximum atomic E-state index is 12.3. The van der Waals surface area contributed by atoms with Crippen LogP contribution in [-0.4, -0.2) is 10.1 Å². The highest BCUT2D eigenvalue weighted by molar-refractivity contribution is 7.17. The molecule has 0 aliphatic rings. The lowest BCUT2D eigenvalue weighted by Gasteiger charge is -2.16. The number of aromatic amines is 1. The fourth-order valence-corrected chi connectivity index (χ4v) is 4.34. The number of fused-ring (bicyclic) bond motifs is 3. The molecule has 27 heavy (non-hydrogen) atoms. The molecular formula is C23H23NO2S. The van der Waals surface area contributed by atoms with E-state index in [1.807, 2.05) is 11.4 Å². The molecule has 1 unspecified atom stereocenters. The molecule has 0 saturated carbocycles. The summed E-state index contributed by atoms with van der Waals surface area (Å²) in [5.74, 6) is 1.50. The number of hydrogen-bond acceptors (Lipinski definition) is 3. The first-order valence-corrected chi connectivity index (χ1v) is 10.2. The van der Waals surface area contributed by atoms with Gasteiger partial charge < -0.3 is 10.1 Å². The largest absolute Gasteiger partial charge is 0.507 e. The minimum Gasteiger partial charge on any atom is -0.507 e. The Kier molecular flexibility index (Phi) is 4.52. The molecule has 0 bridgehead atoms. The zero-order chi connectivity index (χ0) is 19.1. The molecule has 4 aromatic rings. The summed E-state index contributed by atoms with van der Waals surface area (Å²) in [7, 11) is 0. The number of phenolic OH excluding ortho intramolecular Hbond substituents is 1. The summed E-state index contributed by atoms with van der Waals surface area (Å²) >= 11 is 1.43. The molecule has 138 valence electrons. The molecule has 3 nitrogen and oxygen atoms in total. The van der Waals surface area contributed by atoms with Crippen LogP contribution in [0.15, 0.2) is 52.6 Å². The van der Waals surface area contributed by atoms with Gasteiger partial charge in [0.05, 0.1) is 0 Å². The van der Waals surface area contributed by atoms with Gasteiger partial charge in [-0.15, -0.1) is 11.3 Å². The molecule has 4 rings (SSSR count). The van der Waals surface area contributed by atoms with Gasteiger partial charge in [0, 0.05) is 21.9 Å². The molecular weight excluding hydrogens is 354 g/mol. The van der Waals surface area contributed by atoms with E-state index < -0.39 is 0 Å². The second kappa shape index (κ2) is 6.86. The Hall–Kier alpha value is -2.59. The van der Waals surface area contributed by atoms with Gasteiger partial charge in [0.1, 0.15) is 10.4 Å². The number of thiophene rings is 1. The van der Waals surface area contributed by atoms with Gasteiger partial charge in [-0.2, -0.15) is 0 Å². The van der Waals surface area contributed by atoms with E-state index >= 15 is 0 Å². The molecule has 2 aromatic heterocycles. The van der Waals surface area contributed by atoms with E-state index in [2.05, 4.69) is 50.0 Å². The standard InChI is InChI=1S/C23H23NO2S/c1-13(2)14(3)12-15-4-6-16(7-5-15)20-19(25)9-8-18-21(20)17-10-11-27-22(17)23(26)24-18/h4-11,13-14,25H,12H2,1-3H3,(H,24,26). The Labute approximate surface area is 162 Å². The van der Waals surface area contributed by atoms with Crippen LogP contribution in [0.5, 0.6) is 5.75 Å². The zero-order valence-corrected chi connectivity index (χ0v) is 16.6. The number of aromatic hydroxyl groups is 1. The Morgan fingerprint density at radius 3 is 2.48 bits per heavy atom. The second-order valence-electron chi connectivity index (χ2n) is 7.62. The molecule has 2 aromatic carbocycles. The highest BCUT2D eigenvalue weighted by Gasteiger charge is 2.15. The van der Waals surface area contributed by atoms with Crippen molar-refractivity contribution in [3.05, 3.63) is 63.8 Å². The van der Waals surface area contributed by atoms with Crippen LogP contribution in [0.1, 0.15) is 26.3 Å². The molecule has 0 saturated heterocycles. The minimum absolute atomic E-state index is 0.0813. The van der Waals surface area contributed by atoms with Crippen molar-refractivity contribution in [2.45, 2.75) is 27.2 Å². The quantitative estimate of drug-likeness (QED) is 0.462. The van der Waals surface area contributed by atoms with E-state index in [0.29, 0.717) is 16.5 Å². The second-order valence-corrected chi connectivity index (χ2v) is 8.54. The Bertz CT molecular complexity index is 1170. The van der Waals surface area contributed by atoms with E-state index in [4.69, 9.17) is 0 Å². The van der Waals surface area contributed by atoms with E-state index in [0.717, 1.165) is 33.8 Å². The van der Waals surface area contributed by atoms with Gasteiger partial charge in [0.25, 0.3) is 5.56 Å². The third-order valence-electron chi connectivity index (χ3n) is 5.51. The maximum Gasteiger partial charge on any atom is 0.266 e. The Balaban J connectivity index is 1.87. The summed E-state index contributed by atoms with van der Waals surface area (Å²) in [5.41, 5.74) is 3.70. The summed E-state index contributed by atoms with van der Waals surface area (Å²) in [6.45, 7) is 6.78. The average Bonchev–Trinajstić information content (AvgIpc) is 3.13. The summed E-state index contributed by atoms with van der Waals surface area (Å²) in [4.78, 5) is 15.2. The van der Waals surface area contributed by atoms with Crippen molar-refractivity contribution in [1.29, 1.82) is 0 Å². The van der Waals surface area contributed by atoms with Gasteiger partial charge in [-0.1, -0.05) is 45.0 Å². The van der Waals surface area contributed by atoms with Gasteiger partial charge in [0.15, 0.2) is 0 Å². The molecule has 0 fully saturated rings. The third kappa shape index (κ3) is 3.15. The van der Waals surface area contributed by atoms with Gasteiger partial charge in [-0.05, 0) is 53.0 Å². The molecule has 1 atom stereocenters. The molecule has 2 heterocycles. The van der Waals surface area contributed by atoms with Crippen LogP contribution < -0.4 is 5.56 Å². The predicted molar refractivity (Wildman–Crippen MR) is 115 cm³/mol. The monoisotopic (exact) mass is 377 g/mol. The first-order valence-electron chi connectivity index (χ1n) is 9.30. The summed E-state index contributed by atoms with van der Waals surface area (Å²) in [6.07, 6.45) is 1.04. The fourth-order valence-electron chi connectivity index (χ4n) is 3.54. The van der Waals surface area contributed by atoms with Gasteiger partial charge in [-0.3, -0.25) is 4.79 Å². The first-order chi connectivity index (χ1) is 13.0. The SMILES string of the molecule is CC(C)C(C)Cc1ccc(-c2c(O)ccc3[nH]c(=O)c4sccc4c23)cc1. The number of nitrogens with one attached hydrogen (secondary N) is 1. The van der Waals surface area contributed by atoms with Crippen molar-refractivity contribution in [3.63, 3.8) is 0 Å². The smallest absolute Gasteiger partial charge is 0.266 e. The maximum absolute atomic E-state index is 12.3. The fraction of sp³-hybridized carbons (Fsp3) is 0.261. The topological polar surface area (TPSA) is 53.1 Å². The first kappa shape index (κ1) is 17.8. The van der Waals surface area contributed by atoms with Crippen LogP contribution in [0.25, 0.3) is 32.1 Å². The highest BCUT2D eigenvalue weighted by atomic mass is 32.1. The highest BCUT2D eigenvalue weighted by Crippen LogP contribution is 2.39. The zero-order valence-electron chi connectivity index (χ0n) is 15.7.